The molecule has 0 aromatic heterocycles. The number of carbonyl (C=O) groups excluding carboxylic acids is 1. The molecule has 2 heterocycles. The van der Waals surface area contributed by atoms with Crippen molar-refractivity contribution in [3.8, 4) is 0 Å². The van der Waals surface area contributed by atoms with Crippen LogP contribution in [0.5, 0.6) is 0 Å². The van der Waals surface area contributed by atoms with E-state index in [-0.39, 0.29) is 11.7 Å². The predicted molar refractivity (Wildman–Crippen MR) is 85.6 cm³/mol. The van der Waals surface area contributed by atoms with E-state index in [9.17, 15) is 9.18 Å². The monoisotopic (exact) mass is 341 g/mol. The number of benzene rings is 1. The van der Waals surface area contributed by atoms with Crippen LogP contribution in [0.25, 0.3) is 0 Å². The minimum Gasteiger partial charge on any atom is -0.379 e. The standard InChI is InChI=1S/C16H21ClFN3O2/c17-13-2-1-12(14(18)9-13)10-20-4-6-21(7-5-20)16(15(19)22)3-8-23-11-16/h1-2,9H,3-8,10-11H2,(H2,19,22). The molecule has 3 rings (SSSR count). The highest BCUT2D eigenvalue weighted by molar-refractivity contribution is 6.30. The molecule has 5 nitrogen and oxygen atoms in total. The lowest BCUT2D eigenvalue weighted by Gasteiger charge is -2.43. The van der Waals surface area contributed by atoms with Gasteiger partial charge in [0.1, 0.15) is 11.4 Å². The molecule has 0 aliphatic carbocycles. The quantitative estimate of drug-likeness (QED) is 0.895. The summed E-state index contributed by atoms with van der Waals surface area (Å²) >= 11 is 5.78. The molecular formula is C16H21ClFN3O2. The van der Waals surface area contributed by atoms with Gasteiger partial charge < -0.3 is 10.5 Å². The van der Waals surface area contributed by atoms with Crippen molar-refractivity contribution in [2.45, 2.75) is 18.5 Å². The van der Waals surface area contributed by atoms with E-state index in [1.807, 2.05) is 0 Å². The minimum absolute atomic E-state index is 0.280. The molecule has 1 atom stereocenters. The summed E-state index contributed by atoms with van der Waals surface area (Å²) in [5.41, 5.74) is 5.59. The highest BCUT2D eigenvalue weighted by Crippen LogP contribution is 2.27. The van der Waals surface area contributed by atoms with Gasteiger partial charge in [-0.1, -0.05) is 17.7 Å². The topological polar surface area (TPSA) is 58.8 Å². The van der Waals surface area contributed by atoms with E-state index in [1.165, 1.54) is 6.07 Å². The first kappa shape index (κ1) is 16.6. The van der Waals surface area contributed by atoms with Gasteiger partial charge in [0.2, 0.25) is 5.91 Å². The van der Waals surface area contributed by atoms with Crippen molar-refractivity contribution in [1.82, 2.24) is 9.80 Å². The van der Waals surface area contributed by atoms with Gasteiger partial charge in [0.15, 0.2) is 0 Å². The van der Waals surface area contributed by atoms with E-state index in [4.69, 9.17) is 22.1 Å². The maximum absolute atomic E-state index is 13.9. The van der Waals surface area contributed by atoms with Crippen molar-refractivity contribution >= 4 is 17.5 Å². The molecule has 1 aromatic carbocycles. The Morgan fingerprint density at radius 3 is 2.65 bits per heavy atom. The molecule has 1 aromatic rings. The van der Waals surface area contributed by atoms with E-state index in [0.29, 0.717) is 36.8 Å². The molecule has 2 aliphatic rings. The number of hydrogen-bond acceptors (Lipinski definition) is 4. The molecule has 0 saturated carbocycles. The maximum Gasteiger partial charge on any atom is 0.240 e. The van der Waals surface area contributed by atoms with Crippen LogP contribution in [0.2, 0.25) is 5.02 Å². The predicted octanol–water partition coefficient (Wildman–Crippen LogP) is 1.24. The van der Waals surface area contributed by atoms with Crippen LogP contribution in [-0.2, 0) is 16.1 Å². The number of piperazine rings is 1. The average molecular weight is 342 g/mol. The molecular weight excluding hydrogens is 321 g/mol. The van der Waals surface area contributed by atoms with Gasteiger partial charge >= 0.3 is 0 Å². The summed E-state index contributed by atoms with van der Waals surface area (Å²) in [6.07, 6.45) is 0.647. The molecule has 2 fully saturated rings. The number of amides is 1. The smallest absolute Gasteiger partial charge is 0.240 e. The lowest BCUT2D eigenvalue weighted by Crippen LogP contribution is -2.63. The number of rotatable bonds is 4. The van der Waals surface area contributed by atoms with Crippen molar-refractivity contribution in [2.24, 2.45) is 5.73 Å². The van der Waals surface area contributed by atoms with Gasteiger partial charge in [-0.3, -0.25) is 14.6 Å². The summed E-state index contributed by atoms with van der Waals surface area (Å²) in [4.78, 5) is 16.2. The van der Waals surface area contributed by atoms with E-state index in [0.717, 1.165) is 26.2 Å². The van der Waals surface area contributed by atoms with Crippen molar-refractivity contribution in [3.05, 3.63) is 34.6 Å². The molecule has 7 heteroatoms. The van der Waals surface area contributed by atoms with Gasteiger partial charge in [-0.05, 0) is 12.1 Å². The average Bonchev–Trinajstić information content (AvgIpc) is 3.02. The number of ether oxygens (including phenoxy) is 1. The minimum atomic E-state index is -0.669. The van der Waals surface area contributed by atoms with Crippen molar-refractivity contribution < 1.29 is 13.9 Å². The Hall–Kier alpha value is -1.21. The summed E-state index contributed by atoms with van der Waals surface area (Å²) < 4.78 is 19.3. The molecule has 0 radical (unpaired) electrons. The lowest BCUT2D eigenvalue weighted by molar-refractivity contribution is -0.132. The largest absolute Gasteiger partial charge is 0.379 e. The van der Waals surface area contributed by atoms with Crippen LogP contribution in [0.3, 0.4) is 0 Å². The summed E-state index contributed by atoms with van der Waals surface area (Å²) in [5.74, 6) is -0.593. The fraction of sp³-hybridized carbons (Fsp3) is 0.562. The molecule has 126 valence electrons. The molecule has 2 saturated heterocycles. The number of halogens is 2. The molecule has 23 heavy (non-hydrogen) atoms. The van der Waals surface area contributed by atoms with Gasteiger partial charge in [-0.25, -0.2) is 4.39 Å². The second-order valence-electron chi connectivity index (χ2n) is 6.20. The highest BCUT2D eigenvalue weighted by atomic mass is 35.5. The van der Waals surface area contributed by atoms with Crippen LogP contribution in [0.15, 0.2) is 18.2 Å². The van der Waals surface area contributed by atoms with Crippen molar-refractivity contribution in [2.75, 3.05) is 39.4 Å². The van der Waals surface area contributed by atoms with Crippen LogP contribution in [0.4, 0.5) is 4.39 Å². The van der Waals surface area contributed by atoms with Gasteiger partial charge in [-0.15, -0.1) is 0 Å². The zero-order valence-electron chi connectivity index (χ0n) is 12.9. The summed E-state index contributed by atoms with van der Waals surface area (Å²) in [6.45, 7) is 4.45. The van der Waals surface area contributed by atoms with Crippen molar-refractivity contribution in [1.29, 1.82) is 0 Å². The molecule has 0 bridgehead atoms. The van der Waals surface area contributed by atoms with Gasteiger partial charge in [-0.2, -0.15) is 0 Å². The fourth-order valence-corrected chi connectivity index (χ4v) is 3.54. The normalized spacial score (nSPS) is 26.5. The Kier molecular flexibility index (Phi) is 4.87. The molecule has 1 amide bonds. The molecule has 2 aliphatic heterocycles. The van der Waals surface area contributed by atoms with Crippen LogP contribution in [0.1, 0.15) is 12.0 Å². The number of primary amides is 1. The van der Waals surface area contributed by atoms with Crippen molar-refractivity contribution in [3.63, 3.8) is 0 Å². The SMILES string of the molecule is NC(=O)C1(N2CCN(Cc3ccc(Cl)cc3F)CC2)CCOC1. The van der Waals surface area contributed by atoms with Gasteiger partial charge in [0.25, 0.3) is 0 Å². The molecule has 0 spiro atoms. The number of hydrogen-bond donors (Lipinski definition) is 1. The Morgan fingerprint density at radius 2 is 2.09 bits per heavy atom. The molecule has 1 unspecified atom stereocenters. The Morgan fingerprint density at radius 1 is 1.35 bits per heavy atom. The van der Waals surface area contributed by atoms with E-state index >= 15 is 0 Å². The van der Waals surface area contributed by atoms with Gasteiger partial charge in [0.05, 0.1) is 6.61 Å². The van der Waals surface area contributed by atoms with E-state index in [2.05, 4.69) is 9.80 Å². The van der Waals surface area contributed by atoms with E-state index in [1.54, 1.807) is 12.1 Å². The third kappa shape index (κ3) is 3.35. The first-order valence-corrected chi connectivity index (χ1v) is 8.18. The summed E-state index contributed by atoms with van der Waals surface area (Å²) in [5, 5.41) is 0.403. The van der Waals surface area contributed by atoms with Crippen LogP contribution >= 0.6 is 11.6 Å². The van der Waals surface area contributed by atoms with Crippen LogP contribution in [0, 0.1) is 5.82 Å². The number of nitrogens with two attached hydrogens (primary N) is 1. The van der Waals surface area contributed by atoms with Gasteiger partial charge in [0, 0.05) is 56.3 Å². The van der Waals surface area contributed by atoms with E-state index < -0.39 is 5.54 Å². The third-order valence-electron chi connectivity index (χ3n) is 4.85. The highest BCUT2D eigenvalue weighted by Gasteiger charge is 2.46. The first-order chi connectivity index (χ1) is 11.0. The third-order valence-corrected chi connectivity index (χ3v) is 5.08. The first-order valence-electron chi connectivity index (χ1n) is 7.80. The summed E-state index contributed by atoms with van der Waals surface area (Å²) in [6, 6.07) is 4.76. The fourth-order valence-electron chi connectivity index (χ4n) is 3.38. The number of carbonyl (C=O) groups is 1. The van der Waals surface area contributed by atoms with Crippen LogP contribution < -0.4 is 5.73 Å². The second kappa shape index (κ2) is 6.73. The zero-order valence-corrected chi connectivity index (χ0v) is 13.7. The second-order valence-corrected chi connectivity index (χ2v) is 6.63. The summed E-state index contributed by atoms with van der Waals surface area (Å²) in [7, 11) is 0. The zero-order chi connectivity index (χ0) is 16.4. The Balaban J connectivity index is 1.61. The Labute approximate surface area is 140 Å². The van der Waals surface area contributed by atoms with Crippen LogP contribution in [-0.4, -0.2) is 60.6 Å². The molecule has 2 N–H and O–H groups in total. The number of nitrogens with zero attached hydrogens (tertiary/aromatic N) is 2. The lowest BCUT2D eigenvalue weighted by atomic mass is 9.94. The Bertz CT molecular complexity index is 585. The maximum atomic E-state index is 13.9.